The zero-order valence-corrected chi connectivity index (χ0v) is 17.5. The van der Waals surface area contributed by atoms with Crippen LogP contribution >= 0.6 is 0 Å². The third kappa shape index (κ3) is 2.99. The quantitative estimate of drug-likeness (QED) is 0.561. The standard InChI is InChI=1S/C25H24N2O5/c28-23(26-12-4-7-16-5-2-1-3-6-16)21-19-10-11-25(32-19)14-27(24(29)22(21)25)17-8-9-18-20(13-17)31-15-30-18/h1-3,5-6,8-11,13,19,21-22H,4,7,12,14-15H2,(H,26,28)/t19-,21+,22-,25-/m1/s1. The second-order valence-corrected chi connectivity index (χ2v) is 8.74. The molecule has 4 aliphatic rings. The van der Waals surface area contributed by atoms with Gasteiger partial charge in [-0.05, 0) is 30.5 Å². The lowest BCUT2D eigenvalue weighted by atomic mass is 9.77. The smallest absolute Gasteiger partial charge is 0.234 e. The number of hydrogen-bond donors (Lipinski definition) is 1. The van der Waals surface area contributed by atoms with Gasteiger partial charge in [-0.1, -0.05) is 42.5 Å². The highest BCUT2D eigenvalue weighted by molar-refractivity contribution is 6.03. The van der Waals surface area contributed by atoms with E-state index in [1.807, 2.05) is 48.6 Å². The van der Waals surface area contributed by atoms with Gasteiger partial charge in [-0.3, -0.25) is 9.59 Å². The number of nitrogens with one attached hydrogen (secondary N) is 1. The number of carbonyl (C=O) groups excluding carboxylic acids is 2. The summed E-state index contributed by atoms with van der Waals surface area (Å²) in [4.78, 5) is 28.3. The molecule has 0 aliphatic carbocycles. The SMILES string of the molecule is O=C(NCCCc1ccccc1)[C@H]1[C@H]2C=C[C@]3(CN(c4ccc5c(c4)OCO5)C(=O)[C@@H]13)O2. The van der Waals surface area contributed by atoms with Crippen LogP contribution in [0.15, 0.2) is 60.7 Å². The van der Waals surface area contributed by atoms with Gasteiger partial charge < -0.3 is 24.4 Å². The van der Waals surface area contributed by atoms with Gasteiger partial charge in [0.25, 0.3) is 0 Å². The third-order valence-electron chi connectivity index (χ3n) is 6.86. The molecule has 1 spiro atoms. The number of amides is 2. The number of nitrogens with zero attached hydrogens (tertiary/aromatic N) is 1. The molecule has 2 fully saturated rings. The number of fused-ring (bicyclic) bond motifs is 2. The molecule has 2 aromatic carbocycles. The van der Waals surface area contributed by atoms with Gasteiger partial charge in [-0.25, -0.2) is 0 Å². The maximum atomic E-state index is 13.5. The summed E-state index contributed by atoms with van der Waals surface area (Å²) >= 11 is 0. The normalized spacial score (nSPS) is 28.9. The first kappa shape index (κ1) is 19.4. The molecule has 2 bridgehead atoms. The minimum absolute atomic E-state index is 0.0832. The Bertz CT molecular complexity index is 1100. The van der Waals surface area contributed by atoms with Crippen molar-refractivity contribution < 1.29 is 23.8 Å². The predicted octanol–water partition coefficient (Wildman–Crippen LogP) is 2.45. The Labute approximate surface area is 185 Å². The Balaban J connectivity index is 1.15. The zero-order chi connectivity index (χ0) is 21.7. The maximum absolute atomic E-state index is 13.5. The number of anilines is 1. The van der Waals surface area contributed by atoms with E-state index in [9.17, 15) is 9.59 Å². The van der Waals surface area contributed by atoms with Gasteiger partial charge >= 0.3 is 0 Å². The predicted molar refractivity (Wildman–Crippen MR) is 116 cm³/mol. The van der Waals surface area contributed by atoms with E-state index in [1.54, 1.807) is 4.90 Å². The molecule has 4 aliphatic heterocycles. The summed E-state index contributed by atoms with van der Waals surface area (Å²) in [6.45, 7) is 1.14. The van der Waals surface area contributed by atoms with Crippen LogP contribution in [0, 0.1) is 11.8 Å². The van der Waals surface area contributed by atoms with Crippen molar-refractivity contribution in [3.63, 3.8) is 0 Å². The Morgan fingerprint density at radius 1 is 1.12 bits per heavy atom. The molecule has 0 unspecified atom stereocenters. The van der Waals surface area contributed by atoms with Crippen LogP contribution in [0.1, 0.15) is 12.0 Å². The summed E-state index contributed by atoms with van der Waals surface area (Å²) < 4.78 is 17.1. The van der Waals surface area contributed by atoms with Gasteiger partial charge in [0.15, 0.2) is 11.5 Å². The largest absolute Gasteiger partial charge is 0.454 e. The van der Waals surface area contributed by atoms with Crippen molar-refractivity contribution >= 4 is 17.5 Å². The van der Waals surface area contributed by atoms with Crippen molar-refractivity contribution in [3.05, 3.63) is 66.2 Å². The molecule has 4 atom stereocenters. The fourth-order valence-electron chi connectivity index (χ4n) is 5.34. The molecule has 4 heterocycles. The highest BCUT2D eigenvalue weighted by Gasteiger charge is 2.67. The van der Waals surface area contributed by atoms with E-state index in [4.69, 9.17) is 14.2 Å². The molecule has 6 rings (SSSR count). The second-order valence-electron chi connectivity index (χ2n) is 8.74. The lowest BCUT2D eigenvalue weighted by Gasteiger charge is -2.23. The minimum Gasteiger partial charge on any atom is -0.454 e. The van der Waals surface area contributed by atoms with E-state index in [1.165, 1.54) is 5.56 Å². The van der Waals surface area contributed by atoms with E-state index in [2.05, 4.69) is 17.4 Å². The molecule has 32 heavy (non-hydrogen) atoms. The van der Waals surface area contributed by atoms with Gasteiger partial charge in [-0.2, -0.15) is 0 Å². The first-order chi connectivity index (χ1) is 15.6. The van der Waals surface area contributed by atoms with Crippen molar-refractivity contribution in [2.75, 3.05) is 24.8 Å². The monoisotopic (exact) mass is 432 g/mol. The topological polar surface area (TPSA) is 77.1 Å². The highest BCUT2D eigenvalue weighted by Crippen LogP contribution is 2.53. The molecule has 0 radical (unpaired) electrons. The number of rotatable bonds is 6. The van der Waals surface area contributed by atoms with Crippen molar-refractivity contribution in [3.8, 4) is 11.5 Å². The molecule has 2 saturated heterocycles. The Hall–Kier alpha value is -3.32. The van der Waals surface area contributed by atoms with Crippen LogP contribution in [-0.4, -0.2) is 43.4 Å². The Morgan fingerprint density at radius 3 is 2.84 bits per heavy atom. The van der Waals surface area contributed by atoms with Crippen LogP contribution in [0.2, 0.25) is 0 Å². The number of ether oxygens (including phenoxy) is 3. The lowest BCUT2D eigenvalue weighted by molar-refractivity contribution is -0.131. The van der Waals surface area contributed by atoms with E-state index in [0.717, 1.165) is 18.5 Å². The number of carbonyl (C=O) groups is 2. The van der Waals surface area contributed by atoms with Gasteiger partial charge in [0.05, 0.1) is 24.5 Å². The average molecular weight is 432 g/mol. The maximum Gasteiger partial charge on any atom is 0.234 e. The Kier molecular flexibility index (Phi) is 4.47. The molecule has 2 aromatic rings. The molecular weight excluding hydrogens is 408 g/mol. The molecular formula is C25H24N2O5. The molecule has 0 saturated carbocycles. The second kappa shape index (κ2) is 7.38. The molecule has 1 N–H and O–H groups in total. The van der Waals surface area contributed by atoms with Crippen LogP contribution < -0.4 is 19.7 Å². The lowest BCUT2D eigenvalue weighted by Crippen LogP contribution is -2.44. The first-order valence-electron chi connectivity index (χ1n) is 11.0. The third-order valence-corrected chi connectivity index (χ3v) is 6.86. The number of hydrogen-bond acceptors (Lipinski definition) is 5. The van der Waals surface area contributed by atoms with Crippen LogP contribution in [-0.2, 0) is 20.7 Å². The summed E-state index contributed by atoms with van der Waals surface area (Å²) in [6.07, 6.45) is 5.29. The van der Waals surface area contributed by atoms with Crippen molar-refractivity contribution in [2.24, 2.45) is 11.8 Å². The number of aryl methyl sites for hydroxylation is 1. The fourth-order valence-corrected chi connectivity index (χ4v) is 5.34. The minimum atomic E-state index is -0.746. The van der Waals surface area contributed by atoms with Gasteiger partial charge in [0.2, 0.25) is 18.6 Å². The fraction of sp³-hybridized carbons (Fsp3) is 0.360. The van der Waals surface area contributed by atoms with Crippen LogP contribution in [0.5, 0.6) is 11.5 Å². The van der Waals surface area contributed by atoms with Crippen LogP contribution in [0.4, 0.5) is 5.69 Å². The summed E-state index contributed by atoms with van der Waals surface area (Å²) in [5, 5.41) is 3.04. The molecule has 164 valence electrons. The zero-order valence-electron chi connectivity index (χ0n) is 17.5. The summed E-state index contributed by atoms with van der Waals surface area (Å²) in [5.74, 6) is 0.0718. The average Bonchev–Trinajstić information content (AvgIpc) is 3.57. The van der Waals surface area contributed by atoms with E-state index >= 15 is 0 Å². The molecule has 7 nitrogen and oxygen atoms in total. The van der Waals surface area contributed by atoms with Gasteiger partial charge in [0.1, 0.15) is 5.60 Å². The Morgan fingerprint density at radius 2 is 1.97 bits per heavy atom. The summed E-state index contributed by atoms with van der Waals surface area (Å²) in [5.41, 5.74) is 1.23. The van der Waals surface area contributed by atoms with E-state index in [0.29, 0.717) is 24.6 Å². The molecule has 2 amide bonds. The van der Waals surface area contributed by atoms with Crippen LogP contribution in [0.3, 0.4) is 0 Å². The summed E-state index contributed by atoms with van der Waals surface area (Å²) in [7, 11) is 0. The molecule has 7 heteroatoms. The van der Waals surface area contributed by atoms with Gasteiger partial charge in [0, 0.05) is 18.3 Å². The number of benzene rings is 2. The van der Waals surface area contributed by atoms with Crippen LogP contribution in [0.25, 0.3) is 0 Å². The van der Waals surface area contributed by atoms with Crippen molar-refractivity contribution in [2.45, 2.75) is 24.5 Å². The highest BCUT2D eigenvalue weighted by atomic mass is 16.7. The van der Waals surface area contributed by atoms with E-state index < -0.39 is 17.4 Å². The summed E-state index contributed by atoms with van der Waals surface area (Å²) in [6, 6.07) is 15.7. The van der Waals surface area contributed by atoms with E-state index in [-0.39, 0.29) is 24.7 Å². The van der Waals surface area contributed by atoms with Gasteiger partial charge in [-0.15, -0.1) is 0 Å². The van der Waals surface area contributed by atoms with Crippen molar-refractivity contribution in [1.82, 2.24) is 5.32 Å². The first-order valence-corrected chi connectivity index (χ1v) is 11.0. The molecule has 0 aromatic heterocycles. The van der Waals surface area contributed by atoms with Crippen molar-refractivity contribution in [1.29, 1.82) is 0 Å².